The Kier molecular flexibility index (Phi) is 10.7. The molecule has 0 fully saturated rings. The largest absolute Gasteiger partial charge is 0.496 e. The number of Topliss-reactive ketones (excluding diaryl/α,β-unsaturated/α-hetero) is 1. The van der Waals surface area contributed by atoms with E-state index >= 15 is 4.39 Å². The van der Waals surface area contributed by atoms with Gasteiger partial charge in [-0.1, -0.05) is 0 Å². The highest BCUT2D eigenvalue weighted by molar-refractivity contribution is 7.20. The zero-order valence-electron chi connectivity index (χ0n) is 24.2. The second-order valence-corrected chi connectivity index (χ2v) is 11.8. The van der Waals surface area contributed by atoms with E-state index in [0.29, 0.717) is 35.2 Å². The Labute approximate surface area is 259 Å². The van der Waals surface area contributed by atoms with Crippen LogP contribution in [0.3, 0.4) is 0 Å². The number of halogens is 1. The molecule has 12 nitrogen and oxygen atoms in total. The molecule has 0 saturated heterocycles. The van der Waals surface area contributed by atoms with Gasteiger partial charge in [0.05, 0.1) is 48.6 Å². The van der Waals surface area contributed by atoms with Crippen molar-refractivity contribution >= 4 is 66.7 Å². The summed E-state index contributed by atoms with van der Waals surface area (Å²) in [6.07, 6.45) is 1.06. The number of methoxy groups -OCH3 is 2. The van der Waals surface area contributed by atoms with E-state index in [1.807, 2.05) is 12.1 Å². The molecule has 0 radical (unpaired) electrons. The molecule has 234 valence electrons. The van der Waals surface area contributed by atoms with Crippen LogP contribution in [0.5, 0.6) is 17.2 Å². The van der Waals surface area contributed by atoms with E-state index in [2.05, 4.69) is 9.97 Å². The van der Waals surface area contributed by atoms with Gasteiger partial charge in [0.25, 0.3) is 5.91 Å². The molecule has 15 heteroatoms. The molecule has 1 amide bonds. The SMILES string of the molecule is COc1cc2sc(C(=O)N(C)CCC(=O)O)nc2cc1CCCCOc1c(OC)cc2sc(C(=O)CCC(=O)O)nc2c1F. The summed E-state index contributed by atoms with van der Waals surface area (Å²) in [4.78, 5) is 56.5. The number of amides is 1. The number of carbonyl (C=O) groups is 4. The molecule has 2 aromatic heterocycles. The van der Waals surface area contributed by atoms with Crippen molar-refractivity contribution in [3.63, 3.8) is 0 Å². The van der Waals surface area contributed by atoms with E-state index in [-0.39, 0.29) is 65.4 Å². The van der Waals surface area contributed by atoms with Gasteiger partial charge in [0.2, 0.25) is 0 Å². The van der Waals surface area contributed by atoms with Crippen LogP contribution in [0.2, 0.25) is 0 Å². The molecule has 2 N–H and O–H groups in total. The first-order valence-corrected chi connectivity index (χ1v) is 15.1. The number of unbranched alkanes of at least 4 members (excludes halogenated alkanes) is 1. The maximum absolute atomic E-state index is 15.4. The minimum atomic E-state index is -1.11. The number of ether oxygens (including phenoxy) is 3. The molecule has 0 aliphatic carbocycles. The number of hydrogen-bond donors (Lipinski definition) is 2. The molecule has 0 aliphatic heterocycles. The van der Waals surface area contributed by atoms with Crippen LogP contribution >= 0.6 is 22.7 Å². The Morgan fingerprint density at radius 1 is 0.886 bits per heavy atom. The Morgan fingerprint density at radius 2 is 1.57 bits per heavy atom. The van der Waals surface area contributed by atoms with Crippen molar-refractivity contribution in [2.45, 2.75) is 38.5 Å². The minimum Gasteiger partial charge on any atom is -0.496 e. The molecule has 0 aliphatic rings. The lowest BCUT2D eigenvalue weighted by atomic mass is 10.1. The van der Waals surface area contributed by atoms with Crippen molar-refractivity contribution in [3.05, 3.63) is 39.6 Å². The molecule has 0 saturated carbocycles. The zero-order chi connectivity index (χ0) is 32.0. The third-order valence-corrected chi connectivity index (χ3v) is 8.69. The number of benzene rings is 2. The van der Waals surface area contributed by atoms with E-state index in [0.717, 1.165) is 21.6 Å². The highest BCUT2D eigenvalue weighted by Crippen LogP contribution is 2.39. The fraction of sp³-hybridized carbons (Fsp3) is 0.379. The second kappa shape index (κ2) is 14.4. The Bertz CT molecular complexity index is 1720. The molecule has 0 bridgehead atoms. The molecule has 44 heavy (non-hydrogen) atoms. The van der Waals surface area contributed by atoms with Crippen LogP contribution < -0.4 is 14.2 Å². The summed E-state index contributed by atoms with van der Waals surface area (Å²) in [5.74, 6) is -3.03. The predicted octanol–water partition coefficient (Wildman–Crippen LogP) is 5.06. The highest BCUT2D eigenvalue weighted by atomic mass is 32.1. The van der Waals surface area contributed by atoms with Crippen molar-refractivity contribution in [1.29, 1.82) is 0 Å². The standard InChI is InChI=1S/C29H30FN3O9S2/c1-33(10-9-23(37)38)29(39)28-31-16-12-15(18(40-2)13-20(16)43-28)6-4-5-11-42-26-19(41-3)14-21-25(24(26)30)32-27(44-21)17(34)7-8-22(35)36/h12-14H,4-11H2,1-3H3,(H,35,36)(H,37,38). The minimum absolute atomic E-state index is 0.0204. The summed E-state index contributed by atoms with van der Waals surface area (Å²) in [5, 5.41) is 18.0. The van der Waals surface area contributed by atoms with E-state index in [1.54, 1.807) is 7.11 Å². The lowest BCUT2D eigenvalue weighted by molar-refractivity contribution is -0.138. The number of thiazole rings is 2. The van der Waals surface area contributed by atoms with Crippen molar-refractivity contribution in [3.8, 4) is 17.2 Å². The van der Waals surface area contributed by atoms with Gasteiger partial charge in [0, 0.05) is 26.1 Å². The van der Waals surface area contributed by atoms with E-state index < -0.39 is 23.5 Å². The van der Waals surface area contributed by atoms with Crippen molar-refractivity contribution in [2.75, 3.05) is 34.4 Å². The first-order valence-electron chi connectivity index (χ1n) is 13.5. The third-order valence-electron chi connectivity index (χ3n) is 6.64. The van der Waals surface area contributed by atoms with Gasteiger partial charge < -0.3 is 29.3 Å². The summed E-state index contributed by atoms with van der Waals surface area (Å²) in [7, 11) is 4.46. The summed E-state index contributed by atoms with van der Waals surface area (Å²) >= 11 is 2.17. The molecule has 2 aromatic carbocycles. The molecule has 2 heterocycles. The van der Waals surface area contributed by atoms with Gasteiger partial charge in [-0.05, 0) is 37.0 Å². The molecular weight excluding hydrogens is 617 g/mol. The van der Waals surface area contributed by atoms with Gasteiger partial charge >= 0.3 is 11.9 Å². The summed E-state index contributed by atoms with van der Waals surface area (Å²) in [6.45, 7) is 0.235. The average molecular weight is 648 g/mol. The summed E-state index contributed by atoms with van der Waals surface area (Å²) in [6, 6.07) is 5.21. The summed E-state index contributed by atoms with van der Waals surface area (Å²) < 4.78 is 33.1. The first kappa shape index (κ1) is 32.5. The van der Waals surface area contributed by atoms with Gasteiger partial charge in [-0.15, -0.1) is 22.7 Å². The first-order chi connectivity index (χ1) is 21.0. The van der Waals surface area contributed by atoms with Crippen molar-refractivity contribution < 1.29 is 48.0 Å². The maximum Gasteiger partial charge on any atom is 0.305 e. The molecular formula is C29H30FN3O9S2. The lowest BCUT2D eigenvalue weighted by Crippen LogP contribution is -2.28. The fourth-order valence-corrected chi connectivity index (χ4v) is 6.24. The number of nitrogens with zero attached hydrogens (tertiary/aromatic N) is 3. The number of carboxylic acid groups (broad SMARTS) is 2. The van der Waals surface area contributed by atoms with Crippen molar-refractivity contribution in [1.82, 2.24) is 14.9 Å². The highest BCUT2D eigenvalue weighted by Gasteiger charge is 2.23. The number of aliphatic carboxylic acids is 2. The third kappa shape index (κ3) is 7.58. The Balaban J connectivity index is 1.40. The molecule has 0 unspecified atom stereocenters. The van der Waals surface area contributed by atoms with Crippen LogP contribution in [0.15, 0.2) is 18.2 Å². The van der Waals surface area contributed by atoms with Crippen LogP contribution in [0.4, 0.5) is 4.39 Å². The number of carbonyl (C=O) groups excluding carboxylic acids is 2. The van der Waals surface area contributed by atoms with E-state index in [1.165, 1.54) is 36.5 Å². The monoisotopic (exact) mass is 647 g/mol. The molecule has 0 atom stereocenters. The molecule has 0 spiro atoms. The van der Waals surface area contributed by atoms with E-state index in [4.69, 9.17) is 24.4 Å². The number of ketones is 1. The smallest absolute Gasteiger partial charge is 0.305 e. The second-order valence-electron chi connectivity index (χ2n) is 9.73. The van der Waals surface area contributed by atoms with Crippen LogP contribution in [0.25, 0.3) is 20.4 Å². The van der Waals surface area contributed by atoms with Crippen LogP contribution in [-0.2, 0) is 16.0 Å². The van der Waals surface area contributed by atoms with Crippen LogP contribution in [-0.4, -0.2) is 83.1 Å². The number of rotatable bonds is 16. The number of aromatic nitrogens is 2. The number of aryl methyl sites for hydroxylation is 1. The topological polar surface area (TPSA) is 165 Å². The lowest BCUT2D eigenvalue weighted by Gasteiger charge is -2.13. The number of carboxylic acids is 2. The van der Waals surface area contributed by atoms with Crippen LogP contribution in [0.1, 0.15) is 57.3 Å². The Morgan fingerprint density at radius 3 is 2.25 bits per heavy atom. The normalized spacial score (nSPS) is 11.1. The average Bonchev–Trinajstić information content (AvgIpc) is 3.62. The Hall–Kier alpha value is -4.37. The fourth-order valence-electron chi connectivity index (χ4n) is 4.32. The molecule has 4 rings (SSSR count). The van der Waals surface area contributed by atoms with Gasteiger partial charge in [-0.3, -0.25) is 19.2 Å². The van der Waals surface area contributed by atoms with E-state index in [9.17, 15) is 19.2 Å². The van der Waals surface area contributed by atoms with Gasteiger partial charge in [-0.2, -0.15) is 0 Å². The van der Waals surface area contributed by atoms with Gasteiger partial charge in [0.1, 0.15) is 11.3 Å². The zero-order valence-corrected chi connectivity index (χ0v) is 25.8. The number of fused-ring (bicyclic) bond motifs is 2. The quantitative estimate of drug-likeness (QED) is 0.123. The predicted molar refractivity (Wildman–Crippen MR) is 161 cm³/mol. The van der Waals surface area contributed by atoms with Gasteiger partial charge in [-0.25, -0.2) is 14.4 Å². The maximum atomic E-state index is 15.4. The number of hydrogen-bond acceptors (Lipinski definition) is 11. The van der Waals surface area contributed by atoms with Crippen LogP contribution in [0, 0.1) is 5.82 Å². The van der Waals surface area contributed by atoms with Gasteiger partial charge in [0.15, 0.2) is 33.1 Å². The molecule has 4 aromatic rings. The van der Waals surface area contributed by atoms with Crippen molar-refractivity contribution in [2.24, 2.45) is 0 Å². The summed E-state index contributed by atoms with van der Waals surface area (Å²) in [5.41, 5.74) is 1.45.